The number of carbonyl (C=O) groups excluding carboxylic acids is 1. The number of hydrogen-bond acceptors (Lipinski definition) is 7. The number of rotatable bonds is 4. The average molecular weight is 377 g/mol. The van der Waals surface area contributed by atoms with Crippen molar-refractivity contribution in [1.29, 1.82) is 0 Å². The van der Waals surface area contributed by atoms with Crippen LogP contribution in [0.3, 0.4) is 0 Å². The minimum atomic E-state index is -0.381. The predicted octanol–water partition coefficient (Wildman–Crippen LogP) is 2.84. The fourth-order valence-corrected chi connectivity index (χ4v) is 3.13. The molecule has 4 aromatic rings. The van der Waals surface area contributed by atoms with E-state index < -0.39 is 0 Å². The molecule has 4 rings (SSSR count). The lowest BCUT2D eigenvalue weighted by Gasteiger charge is -2.09. The van der Waals surface area contributed by atoms with Gasteiger partial charge in [0.05, 0.1) is 46.0 Å². The summed E-state index contributed by atoms with van der Waals surface area (Å²) in [5.74, 6) is -0.381. The second-order valence-electron chi connectivity index (χ2n) is 5.81. The molecule has 8 nitrogen and oxygen atoms in total. The van der Waals surface area contributed by atoms with Crippen LogP contribution >= 0.6 is 11.3 Å². The van der Waals surface area contributed by atoms with Gasteiger partial charge in [0.25, 0.3) is 5.91 Å². The van der Waals surface area contributed by atoms with Gasteiger partial charge >= 0.3 is 0 Å². The largest absolute Gasteiger partial charge is 0.397 e. The molecule has 0 saturated heterocycles. The van der Waals surface area contributed by atoms with E-state index in [0.717, 1.165) is 16.0 Å². The Morgan fingerprint density at radius 2 is 2.04 bits per heavy atom. The standard InChI is InChI=1S/C18H15N7OS/c1-25-9-12(5-23-25)15-6-22-16(7-21-15)18(26)24-14-4-11(2-3-13(14)19)17-8-20-10-27-17/h2-10H,19H2,1H3,(H,24,26). The summed E-state index contributed by atoms with van der Waals surface area (Å²) >= 11 is 1.51. The first-order valence-electron chi connectivity index (χ1n) is 8.01. The van der Waals surface area contributed by atoms with Crippen LogP contribution in [0, 0.1) is 0 Å². The molecule has 0 atom stereocenters. The molecule has 0 spiro atoms. The Bertz CT molecular complexity index is 1090. The summed E-state index contributed by atoms with van der Waals surface area (Å²) in [6.45, 7) is 0. The third kappa shape index (κ3) is 3.53. The van der Waals surface area contributed by atoms with E-state index in [2.05, 4.69) is 25.4 Å². The molecule has 9 heteroatoms. The molecular weight excluding hydrogens is 362 g/mol. The van der Waals surface area contributed by atoms with Gasteiger partial charge in [-0.25, -0.2) is 4.98 Å². The first-order valence-corrected chi connectivity index (χ1v) is 8.89. The molecule has 0 aliphatic heterocycles. The maximum atomic E-state index is 12.5. The van der Waals surface area contributed by atoms with E-state index in [0.29, 0.717) is 17.1 Å². The van der Waals surface area contributed by atoms with Crippen LogP contribution in [-0.2, 0) is 7.05 Å². The Labute approximate surface area is 158 Å². The lowest BCUT2D eigenvalue weighted by Crippen LogP contribution is -2.15. The highest BCUT2D eigenvalue weighted by molar-refractivity contribution is 7.13. The number of nitrogen functional groups attached to an aromatic ring is 1. The van der Waals surface area contributed by atoms with E-state index in [-0.39, 0.29) is 11.6 Å². The van der Waals surface area contributed by atoms with Crippen LogP contribution in [0.15, 0.2) is 54.7 Å². The van der Waals surface area contributed by atoms with Gasteiger partial charge in [0.2, 0.25) is 0 Å². The van der Waals surface area contributed by atoms with Crippen molar-refractivity contribution in [3.05, 3.63) is 60.4 Å². The number of nitrogens with zero attached hydrogens (tertiary/aromatic N) is 5. The fourth-order valence-electron chi connectivity index (χ4n) is 2.51. The Hall–Kier alpha value is -3.59. The lowest BCUT2D eigenvalue weighted by molar-refractivity contribution is 0.102. The maximum Gasteiger partial charge on any atom is 0.275 e. The van der Waals surface area contributed by atoms with Crippen LogP contribution < -0.4 is 11.1 Å². The minimum absolute atomic E-state index is 0.199. The molecule has 1 amide bonds. The SMILES string of the molecule is Cn1cc(-c2cnc(C(=O)Nc3cc(-c4cncs4)ccc3N)cn2)cn1. The number of hydrogen-bond donors (Lipinski definition) is 2. The normalized spacial score (nSPS) is 10.7. The predicted molar refractivity (Wildman–Crippen MR) is 104 cm³/mol. The molecule has 0 aliphatic carbocycles. The van der Waals surface area contributed by atoms with Crippen LogP contribution in [-0.4, -0.2) is 30.6 Å². The number of anilines is 2. The van der Waals surface area contributed by atoms with Gasteiger partial charge in [0.1, 0.15) is 5.69 Å². The molecule has 1 aromatic carbocycles. The molecule has 0 bridgehead atoms. The van der Waals surface area contributed by atoms with Crippen LogP contribution in [0.25, 0.3) is 21.7 Å². The summed E-state index contributed by atoms with van der Waals surface area (Å²) in [6, 6.07) is 5.46. The summed E-state index contributed by atoms with van der Waals surface area (Å²) in [6.07, 6.45) is 8.26. The van der Waals surface area contributed by atoms with Gasteiger partial charge in [-0.2, -0.15) is 5.10 Å². The summed E-state index contributed by atoms with van der Waals surface area (Å²) in [5, 5.41) is 6.89. The summed E-state index contributed by atoms with van der Waals surface area (Å²) in [7, 11) is 1.82. The van der Waals surface area contributed by atoms with Crippen LogP contribution in [0.4, 0.5) is 11.4 Å². The second-order valence-corrected chi connectivity index (χ2v) is 6.70. The van der Waals surface area contributed by atoms with Crippen molar-refractivity contribution in [3.63, 3.8) is 0 Å². The van der Waals surface area contributed by atoms with Crippen LogP contribution in [0.5, 0.6) is 0 Å². The molecule has 3 aromatic heterocycles. The first-order chi connectivity index (χ1) is 13.1. The molecular formula is C18H15N7OS. The highest BCUT2D eigenvalue weighted by atomic mass is 32.1. The summed E-state index contributed by atoms with van der Waals surface area (Å²) < 4.78 is 1.68. The second kappa shape index (κ2) is 6.96. The highest BCUT2D eigenvalue weighted by Crippen LogP contribution is 2.29. The molecule has 0 aliphatic rings. The Kier molecular flexibility index (Phi) is 4.35. The molecule has 3 heterocycles. The number of aryl methyl sites for hydroxylation is 1. The zero-order valence-electron chi connectivity index (χ0n) is 14.3. The smallest absolute Gasteiger partial charge is 0.275 e. The van der Waals surface area contributed by atoms with Gasteiger partial charge < -0.3 is 11.1 Å². The number of thiazole rings is 1. The molecule has 0 unspecified atom stereocenters. The van der Waals surface area contributed by atoms with Crippen molar-refractivity contribution in [1.82, 2.24) is 24.7 Å². The van der Waals surface area contributed by atoms with Gasteiger partial charge in [0, 0.05) is 25.0 Å². The Morgan fingerprint density at radius 3 is 2.70 bits per heavy atom. The topological polar surface area (TPSA) is 112 Å². The van der Waals surface area contributed by atoms with Crippen LogP contribution in [0.1, 0.15) is 10.5 Å². The fraction of sp³-hybridized carbons (Fsp3) is 0.0556. The number of carbonyl (C=O) groups is 1. The van der Waals surface area contributed by atoms with E-state index in [4.69, 9.17) is 5.73 Å². The monoisotopic (exact) mass is 377 g/mol. The third-order valence-electron chi connectivity index (χ3n) is 3.90. The van der Waals surface area contributed by atoms with Gasteiger partial charge in [-0.3, -0.25) is 19.4 Å². The van der Waals surface area contributed by atoms with Gasteiger partial charge in [-0.15, -0.1) is 11.3 Å². The van der Waals surface area contributed by atoms with Crippen molar-refractivity contribution < 1.29 is 4.79 Å². The number of nitrogens with one attached hydrogen (secondary N) is 1. The number of benzene rings is 1. The van der Waals surface area contributed by atoms with E-state index >= 15 is 0 Å². The van der Waals surface area contributed by atoms with Crippen molar-refractivity contribution in [2.24, 2.45) is 7.05 Å². The average Bonchev–Trinajstić information content (AvgIpc) is 3.35. The Morgan fingerprint density at radius 1 is 1.15 bits per heavy atom. The van der Waals surface area contributed by atoms with Gasteiger partial charge in [0.15, 0.2) is 0 Å². The van der Waals surface area contributed by atoms with Crippen molar-refractivity contribution in [2.75, 3.05) is 11.1 Å². The van der Waals surface area contributed by atoms with E-state index in [1.807, 2.05) is 25.4 Å². The molecule has 0 radical (unpaired) electrons. The number of amides is 1. The van der Waals surface area contributed by atoms with E-state index in [1.54, 1.807) is 34.8 Å². The highest BCUT2D eigenvalue weighted by Gasteiger charge is 2.12. The zero-order valence-corrected chi connectivity index (χ0v) is 15.1. The quantitative estimate of drug-likeness (QED) is 0.529. The molecule has 3 N–H and O–H groups in total. The van der Waals surface area contributed by atoms with Crippen molar-refractivity contribution in [3.8, 4) is 21.7 Å². The Balaban J connectivity index is 1.54. The molecule has 27 heavy (non-hydrogen) atoms. The maximum absolute atomic E-state index is 12.5. The zero-order chi connectivity index (χ0) is 18.8. The molecule has 0 saturated carbocycles. The number of aromatic nitrogens is 5. The van der Waals surface area contributed by atoms with Gasteiger partial charge in [-0.1, -0.05) is 6.07 Å². The number of nitrogens with two attached hydrogens (primary N) is 1. The minimum Gasteiger partial charge on any atom is -0.397 e. The van der Waals surface area contributed by atoms with Crippen LogP contribution in [0.2, 0.25) is 0 Å². The lowest BCUT2D eigenvalue weighted by atomic mass is 10.1. The van der Waals surface area contributed by atoms with E-state index in [9.17, 15) is 4.79 Å². The first kappa shape index (κ1) is 16.9. The summed E-state index contributed by atoms with van der Waals surface area (Å²) in [5.41, 5.74) is 11.3. The van der Waals surface area contributed by atoms with Crippen molar-refractivity contribution >= 4 is 28.6 Å². The molecule has 134 valence electrons. The van der Waals surface area contributed by atoms with Gasteiger partial charge in [-0.05, 0) is 17.7 Å². The third-order valence-corrected chi connectivity index (χ3v) is 4.73. The van der Waals surface area contributed by atoms with E-state index in [1.165, 1.54) is 17.5 Å². The molecule has 0 fully saturated rings. The van der Waals surface area contributed by atoms with Crippen molar-refractivity contribution in [2.45, 2.75) is 0 Å². The summed E-state index contributed by atoms with van der Waals surface area (Å²) in [4.78, 5) is 26.1.